The van der Waals surface area contributed by atoms with Crippen molar-refractivity contribution < 1.29 is 37.2 Å². The van der Waals surface area contributed by atoms with Gasteiger partial charge in [-0.3, -0.25) is 9.98 Å². The summed E-state index contributed by atoms with van der Waals surface area (Å²) in [5, 5.41) is 49.9. The number of aromatic nitrogens is 4. The van der Waals surface area contributed by atoms with Crippen LogP contribution in [0.4, 0.5) is 11.4 Å². The Balaban J connectivity index is 0.000000208. The van der Waals surface area contributed by atoms with Gasteiger partial charge in [-0.1, -0.05) is 59.6 Å². The minimum absolute atomic E-state index is 0. The van der Waals surface area contributed by atoms with Crippen molar-refractivity contribution in [3.63, 3.8) is 0 Å². The van der Waals surface area contributed by atoms with Gasteiger partial charge in [0.05, 0.1) is 33.9 Å². The number of aryl methyl sites for hydroxylation is 2. The topological polar surface area (TPSA) is 141 Å². The number of nitrogens with zero attached hydrogens (tertiary/aromatic N) is 6. The fraction of sp³-hybridized carbons (Fsp3) is 0.0588. The maximum Gasteiger partial charge on any atom is 0.223 e. The van der Waals surface area contributed by atoms with Crippen LogP contribution in [0.15, 0.2) is 107 Å². The number of aliphatic imine (C=N–C) groups is 2. The molecule has 4 N–H and O–H groups in total. The Kier molecular flexibility index (Phi) is 11.5. The molecule has 0 saturated carbocycles. The Morgan fingerprint density at radius 2 is 0.936 bits per heavy atom. The number of halogens is 2. The van der Waals surface area contributed by atoms with Crippen molar-refractivity contribution >= 4 is 47.0 Å². The maximum absolute atomic E-state index is 10.4. The van der Waals surface area contributed by atoms with Crippen molar-refractivity contribution in [1.29, 1.82) is 0 Å². The molecular formula is C34H28Cl2CoN6O4. The Labute approximate surface area is 290 Å². The van der Waals surface area contributed by atoms with Gasteiger partial charge in [0.25, 0.3) is 0 Å². The molecule has 2 aromatic heterocycles. The fourth-order valence-corrected chi connectivity index (χ4v) is 4.66. The number of aromatic hydroxyl groups is 4. The normalized spacial score (nSPS) is 11.0. The van der Waals surface area contributed by atoms with Crippen LogP contribution >= 0.6 is 23.2 Å². The van der Waals surface area contributed by atoms with Gasteiger partial charge in [0.1, 0.15) is 22.9 Å². The molecular weight excluding hydrogens is 686 g/mol. The van der Waals surface area contributed by atoms with E-state index in [9.17, 15) is 20.4 Å². The molecule has 0 aliphatic carbocycles. The second-order valence-electron chi connectivity index (χ2n) is 9.92. The summed E-state index contributed by atoms with van der Waals surface area (Å²) in [5.74, 6) is -0.00516. The fourth-order valence-electron chi connectivity index (χ4n) is 4.32. The van der Waals surface area contributed by atoms with Crippen molar-refractivity contribution in [3.05, 3.63) is 130 Å². The first-order valence-electron chi connectivity index (χ1n) is 13.9. The third kappa shape index (κ3) is 8.21. The van der Waals surface area contributed by atoms with Gasteiger partial charge < -0.3 is 20.4 Å². The van der Waals surface area contributed by atoms with Crippen LogP contribution in [-0.2, 0) is 16.8 Å². The van der Waals surface area contributed by atoms with E-state index in [1.165, 1.54) is 33.9 Å². The number of hydrogen-bond acceptors (Lipinski definition) is 8. The van der Waals surface area contributed by atoms with Crippen LogP contribution in [0.1, 0.15) is 22.5 Å². The molecule has 6 rings (SSSR count). The number of rotatable bonds is 6. The average Bonchev–Trinajstić information content (AvgIpc) is 3.51. The molecule has 13 heteroatoms. The van der Waals surface area contributed by atoms with E-state index in [-0.39, 0.29) is 40.0 Å². The predicted molar refractivity (Wildman–Crippen MR) is 181 cm³/mol. The molecule has 47 heavy (non-hydrogen) atoms. The number of hydrogen-bond donors (Lipinski definition) is 4. The summed E-state index contributed by atoms with van der Waals surface area (Å²) in [6.07, 6.45) is 2.92. The summed E-state index contributed by atoms with van der Waals surface area (Å²) in [6.45, 7) is 3.55. The first kappa shape index (κ1) is 34.8. The van der Waals surface area contributed by atoms with Crippen molar-refractivity contribution in [1.82, 2.24) is 19.6 Å². The van der Waals surface area contributed by atoms with Gasteiger partial charge in [0, 0.05) is 39.3 Å². The molecule has 0 saturated heterocycles. The van der Waals surface area contributed by atoms with E-state index in [4.69, 9.17) is 23.2 Å². The minimum Gasteiger partial charge on any atom is -0.506 e. The van der Waals surface area contributed by atoms with E-state index in [1.807, 2.05) is 60.7 Å². The zero-order valence-electron chi connectivity index (χ0n) is 25.0. The van der Waals surface area contributed by atoms with Gasteiger partial charge in [0.15, 0.2) is 0 Å². The number of benzene rings is 4. The van der Waals surface area contributed by atoms with E-state index in [2.05, 4.69) is 20.2 Å². The van der Waals surface area contributed by atoms with Crippen LogP contribution in [0.2, 0.25) is 10.0 Å². The third-order valence-electron chi connectivity index (χ3n) is 6.70. The van der Waals surface area contributed by atoms with Crippen molar-refractivity contribution in [2.75, 3.05) is 0 Å². The summed E-state index contributed by atoms with van der Waals surface area (Å²) in [5.41, 5.74) is 4.35. The van der Waals surface area contributed by atoms with E-state index in [0.717, 1.165) is 11.4 Å². The molecule has 6 aromatic rings. The molecule has 0 amide bonds. The van der Waals surface area contributed by atoms with Crippen LogP contribution in [0.3, 0.4) is 0 Å². The smallest absolute Gasteiger partial charge is 0.223 e. The molecule has 2 heterocycles. The van der Waals surface area contributed by atoms with Crippen molar-refractivity contribution in [2.45, 2.75) is 13.8 Å². The van der Waals surface area contributed by atoms with Crippen LogP contribution in [0, 0.1) is 13.8 Å². The third-order valence-corrected chi connectivity index (χ3v) is 7.17. The molecule has 0 fully saturated rings. The molecule has 10 nitrogen and oxygen atoms in total. The van der Waals surface area contributed by atoms with Crippen LogP contribution in [0.5, 0.6) is 23.3 Å². The summed E-state index contributed by atoms with van der Waals surface area (Å²) in [7, 11) is 0. The SMILES string of the molecule is Cc1nn(-c2ccccc2)c(O)c1C=Nc1cc(Cl)ccc1O.Cc1nn(-c2ccccc2)c(O)c1C=Nc1cc(Cl)ccc1O.[Co]. The molecule has 0 bridgehead atoms. The summed E-state index contributed by atoms with van der Waals surface area (Å²) in [4.78, 5) is 8.39. The first-order valence-corrected chi connectivity index (χ1v) is 14.6. The molecule has 241 valence electrons. The van der Waals surface area contributed by atoms with Crippen molar-refractivity contribution in [2.24, 2.45) is 9.98 Å². The molecule has 4 aromatic carbocycles. The molecule has 0 spiro atoms. The maximum atomic E-state index is 10.4. The van der Waals surface area contributed by atoms with Gasteiger partial charge in [-0.2, -0.15) is 10.2 Å². The minimum atomic E-state index is -0.0148. The second kappa shape index (κ2) is 15.5. The van der Waals surface area contributed by atoms with E-state index in [0.29, 0.717) is 43.9 Å². The Morgan fingerprint density at radius 1 is 0.574 bits per heavy atom. The van der Waals surface area contributed by atoms with Crippen LogP contribution in [0.25, 0.3) is 11.4 Å². The zero-order chi connectivity index (χ0) is 32.8. The standard InChI is InChI=1S/2C17H14ClN3O2.Co/c2*1-11-14(10-19-15-9-12(18)7-8-16(15)22)17(23)21(20-11)13-5-3-2-4-6-13;/h2*2-10,22-23H,1H3;. The van der Waals surface area contributed by atoms with E-state index < -0.39 is 0 Å². The summed E-state index contributed by atoms with van der Waals surface area (Å²) in [6, 6.07) is 27.8. The number of phenols is 2. The molecule has 1 radical (unpaired) electrons. The number of phenolic OH excluding ortho intramolecular Hbond substituents is 2. The van der Waals surface area contributed by atoms with Gasteiger partial charge >= 0.3 is 0 Å². The van der Waals surface area contributed by atoms with E-state index >= 15 is 0 Å². The Hall–Kier alpha value is -5.07. The first-order chi connectivity index (χ1) is 22.1. The van der Waals surface area contributed by atoms with Gasteiger partial charge in [-0.15, -0.1) is 0 Å². The summed E-state index contributed by atoms with van der Waals surface area (Å²) < 4.78 is 2.88. The predicted octanol–water partition coefficient (Wildman–Crippen LogP) is 7.99. The van der Waals surface area contributed by atoms with E-state index in [1.54, 1.807) is 38.1 Å². The van der Waals surface area contributed by atoms with Crippen LogP contribution < -0.4 is 0 Å². The molecule has 0 atom stereocenters. The summed E-state index contributed by atoms with van der Waals surface area (Å²) >= 11 is 11.8. The molecule has 0 unspecified atom stereocenters. The largest absolute Gasteiger partial charge is 0.506 e. The molecule has 0 aliphatic heterocycles. The average molecular weight is 714 g/mol. The molecule has 0 aliphatic rings. The van der Waals surface area contributed by atoms with Gasteiger partial charge in [0.2, 0.25) is 11.8 Å². The quantitative estimate of drug-likeness (QED) is 0.129. The number of para-hydroxylation sites is 2. The Morgan fingerprint density at radius 3 is 1.30 bits per heavy atom. The van der Waals surface area contributed by atoms with Gasteiger partial charge in [-0.05, 0) is 74.5 Å². The van der Waals surface area contributed by atoms with Gasteiger partial charge in [-0.25, -0.2) is 9.36 Å². The zero-order valence-corrected chi connectivity index (χ0v) is 27.5. The second-order valence-corrected chi connectivity index (χ2v) is 10.8. The Bertz CT molecular complexity index is 1900. The van der Waals surface area contributed by atoms with Crippen LogP contribution in [-0.4, -0.2) is 52.4 Å². The monoisotopic (exact) mass is 713 g/mol. The van der Waals surface area contributed by atoms with Crippen molar-refractivity contribution in [3.8, 4) is 34.6 Å².